The summed E-state index contributed by atoms with van der Waals surface area (Å²) in [4.78, 5) is 25.6. The Bertz CT molecular complexity index is 1220. The Kier molecular flexibility index (Phi) is 5.40. The fraction of sp³-hybridized carbons (Fsp3) is 0.182. The van der Waals surface area contributed by atoms with E-state index in [2.05, 4.69) is 24.6 Å². The summed E-state index contributed by atoms with van der Waals surface area (Å²) in [7, 11) is 0. The van der Waals surface area contributed by atoms with Gasteiger partial charge in [-0.05, 0) is 29.7 Å². The predicted octanol–water partition coefficient (Wildman–Crippen LogP) is 4.76. The number of hydrogen-bond acceptors (Lipinski definition) is 6. The zero-order valence-corrected chi connectivity index (χ0v) is 18.1. The van der Waals surface area contributed by atoms with Gasteiger partial charge in [0.2, 0.25) is 0 Å². The van der Waals surface area contributed by atoms with E-state index in [9.17, 15) is 4.79 Å². The number of fused-ring (bicyclic) bond motifs is 1. The SMILES string of the molecule is O=C(Nc1cccc(Cl)c1)N1CCN(c2ncnc3c(-c4ccccc4)nsc23)CC1. The highest BCUT2D eigenvalue weighted by Gasteiger charge is 2.25. The van der Waals surface area contributed by atoms with E-state index in [1.54, 1.807) is 23.4 Å². The van der Waals surface area contributed by atoms with Crippen molar-refractivity contribution in [2.45, 2.75) is 0 Å². The molecule has 1 saturated heterocycles. The summed E-state index contributed by atoms with van der Waals surface area (Å²) in [5, 5.41) is 3.50. The smallest absolute Gasteiger partial charge is 0.321 e. The van der Waals surface area contributed by atoms with E-state index in [0.29, 0.717) is 36.9 Å². The Morgan fingerprint density at radius 1 is 1.00 bits per heavy atom. The van der Waals surface area contributed by atoms with E-state index in [1.807, 2.05) is 42.5 Å². The summed E-state index contributed by atoms with van der Waals surface area (Å²) in [5.74, 6) is 0.875. The summed E-state index contributed by atoms with van der Waals surface area (Å²) >= 11 is 7.42. The molecule has 31 heavy (non-hydrogen) atoms. The van der Waals surface area contributed by atoms with Gasteiger partial charge in [-0.1, -0.05) is 48.0 Å². The van der Waals surface area contributed by atoms with E-state index in [-0.39, 0.29) is 6.03 Å². The average molecular weight is 451 g/mol. The van der Waals surface area contributed by atoms with Crippen molar-refractivity contribution in [1.82, 2.24) is 19.2 Å². The number of nitrogens with zero attached hydrogens (tertiary/aromatic N) is 5. The van der Waals surface area contributed by atoms with Crippen LogP contribution in [0.5, 0.6) is 0 Å². The van der Waals surface area contributed by atoms with Crippen LogP contribution in [0.4, 0.5) is 16.3 Å². The van der Waals surface area contributed by atoms with Gasteiger partial charge in [-0.25, -0.2) is 14.8 Å². The van der Waals surface area contributed by atoms with Gasteiger partial charge in [-0.15, -0.1) is 0 Å². The molecule has 5 rings (SSSR count). The maximum atomic E-state index is 12.6. The number of benzene rings is 2. The van der Waals surface area contributed by atoms with Crippen LogP contribution in [-0.2, 0) is 0 Å². The van der Waals surface area contributed by atoms with Crippen LogP contribution in [0, 0.1) is 0 Å². The predicted molar refractivity (Wildman–Crippen MR) is 125 cm³/mol. The van der Waals surface area contributed by atoms with E-state index < -0.39 is 0 Å². The molecule has 4 aromatic rings. The number of rotatable bonds is 3. The summed E-state index contributed by atoms with van der Waals surface area (Å²) in [6, 6.07) is 17.1. The van der Waals surface area contributed by atoms with Crippen LogP contribution < -0.4 is 10.2 Å². The lowest BCUT2D eigenvalue weighted by Gasteiger charge is -2.35. The van der Waals surface area contributed by atoms with Crippen molar-refractivity contribution in [3.8, 4) is 11.3 Å². The monoisotopic (exact) mass is 450 g/mol. The molecule has 2 aromatic heterocycles. The van der Waals surface area contributed by atoms with E-state index in [4.69, 9.17) is 11.6 Å². The fourth-order valence-electron chi connectivity index (χ4n) is 3.65. The summed E-state index contributed by atoms with van der Waals surface area (Å²) in [6.07, 6.45) is 1.59. The van der Waals surface area contributed by atoms with Crippen LogP contribution in [0.2, 0.25) is 5.02 Å². The van der Waals surface area contributed by atoms with Crippen molar-refractivity contribution in [2.24, 2.45) is 0 Å². The van der Waals surface area contributed by atoms with Gasteiger partial charge in [0.15, 0.2) is 5.82 Å². The number of urea groups is 1. The fourth-order valence-corrected chi connectivity index (χ4v) is 4.72. The quantitative estimate of drug-likeness (QED) is 0.487. The summed E-state index contributed by atoms with van der Waals surface area (Å²) in [5.41, 5.74) is 3.47. The van der Waals surface area contributed by atoms with Crippen LogP contribution in [0.1, 0.15) is 0 Å². The third kappa shape index (κ3) is 4.04. The van der Waals surface area contributed by atoms with E-state index >= 15 is 0 Å². The topological polar surface area (TPSA) is 74.2 Å². The first-order valence-electron chi connectivity index (χ1n) is 9.91. The molecule has 0 radical (unpaired) electrons. The van der Waals surface area contributed by atoms with E-state index in [0.717, 1.165) is 27.3 Å². The Morgan fingerprint density at radius 3 is 2.58 bits per heavy atom. The lowest BCUT2D eigenvalue weighted by molar-refractivity contribution is 0.208. The lowest BCUT2D eigenvalue weighted by atomic mass is 10.1. The molecule has 3 heterocycles. The molecule has 9 heteroatoms. The van der Waals surface area contributed by atoms with Gasteiger partial charge < -0.3 is 15.1 Å². The molecular weight excluding hydrogens is 432 g/mol. The van der Waals surface area contributed by atoms with Crippen molar-refractivity contribution in [2.75, 3.05) is 36.4 Å². The van der Waals surface area contributed by atoms with Crippen LogP contribution in [0.25, 0.3) is 21.5 Å². The molecule has 0 saturated carbocycles. The minimum Gasteiger partial charge on any atom is -0.352 e. The van der Waals surface area contributed by atoms with E-state index in [1.165, 1.54) is 11.5 Å². The van der Waals surface area contributed by atoms with Crippen molar-refractivity contribution >= 4 is 50.9 Å². The van der Waals surface area contributed by atoms with Gasteiger partial charge in [0.1, 0.15) is 22.2 Å². The minimum absolute atomic E-state index is 0.126. The number of carbonyl (C=O) groups is 1. The van der Waals surface area contributed by atoms with Crippen LogP contribution in [-0.4, -0.2) is 51.5 Å². The summed E-state index contributed by atoms with van der Waals surface area (Å²) in [6.45, 7) is 2.58. The van der Waals surface area contributed by atoms with Gasteiger partial charge in [0.05, 0.1) is 0 Å². The van der Waals surface area contributed by atoms with Crippen molar-refractivity contribution in [1.29, 1.82) is 0 Å². The number of aromatic nitrogens is 3. The maximum absolute atomic E-state index is 12.6. The highest BCUT2D eigenvalue weighted by atomic mass is 35.5. The molecular formula is C22H19ClN6OS. The number of amides is 2. The van der Waals surface area contributed by atoms with Crippen LogP contribution >= 0.6 is 23.1 Å². The standard InChI is InChI=1S/C22H19ClN6OS/c23-16-7-4-8-17(13-16)26-22(30)29-11-9-28(10-12-29)21-20-19(24-14-25-21)18(27-31-20)15-5-2-1-3-6-15/h1-8,13-14H,9-12H2,(H,26,30). The molecule has 0 spiro atoms. The molecule has 1 fully saturated rings. The second kappa shape index (κ2) is 8.49. The Labute approximate surface area is 188 Å². The van der Waals surface area contributed by atoms with Gasteiger partial charge in [-0.3, -0.25) is 0 Å². The first-order chi connectivity index (χ1) is 15.2. The molecule has 1 aliphatic heterocycles. The highest BCUT2D eigenvalue weighted by Crippen LogP contribution is 2.34. The van der Waals surface area contributed by atoms with Gasteiger partial charge in [0, 0.05) is 42.5 Å². The Morgan fingerprint density at radius 2 is 1.81 bits per heavy atom. The van der Waals surface area contributed by atoms with Crippen molar-refractivity contribution in [3.63, 3.8) is 0 Å². The first-order valence-corrected chi connectivity index (χ1v) is 11.1. The second-order valence-corrected chi connectivity index (χ2v) is 8.40. The third-order valence-corrected chi connectivity index (χ3v) is 6.29. The molecule has 2 aromatic carbocycles. The second-order valence-electron chi connectivity index (χ2n) is 7.19. The lowest BCUT2D eigenvalue weighted by Crippen LogP contribution is -2.50. The molecule has 0 bridgehead atoms. The van der Waals surface area contributed by atoms with Crippen molar-refractivity contribution in [3.05, 3.63) is 65.9 Å². The summed E-state index contributed by atoms with van der Waals surface area (Å²) < 4.78 is 5.62. The Hall–Kier alpha value is -3.23. The van der Waals surface area contributed by atoms with Gasteiger partial charge in [0.25, 0.3) is 0 Å². The average Bonchev–Trinajstić information content (AvgIpc) is 3.24. The highest BCUT2D eigenvalue weighted by molar-refractivity contribution is 7.14. The zero-order chi connectivity index (χ0) is 21.2. The number of anilines is 2. The largest absolute Gasteiger partial charge is 0.352 e. The normalized spacial score (nSPS) is 14.1. The number of piperazine rings is 1. The Balaban J connectivity index is 1.30. The minimum atomic E-state index is -0.126. The number of carbonyl (C=O) groups excluding carboxylic acids is 1. The first kappa shape index (κ1) is 19.7. The molecule has 0 atom stereocenters. The molecule has 0 unspecified atom stereocenters. The molecule has 1 aliphatic rings. The third-order valence-electron chi connectivity index (χ3n) is 5.23. The zero-order valence-electron chi connectivity index (χ0n) is 16.5. The molecule has 1 N–H and O–H groups in total. The molecule has 2 amide bonds. The van der Waals surface area contributed by atoms with Crippen molar-refractivity contribution < 1.29 is 4.79 Å². The molecule has 156 valence electrons. The number of halogens is 1. The molecule has 7 nitrogen and oxygen atoms in total. The van der Waals surface area contributed by atoms with Gasteiger partial charge >= 0.3 is 6.03 Å². The van der Waals surface area contributed by atoms with Crippen LogP contribution in [0.15, 0.2) is 60.9 Å². The van der Waals surface area contributed by atoms with Crippen LogP contribution in [0.3, 0.4) is 0 Å². The maximum Gasteiger partial charge on any atom is 0.321 e. The molecule has 0 aliphatic carbocycles. The number of nitrogens with one attached hydrogen (secondary N) is 1. The van der Waals surface area contributed by atoms with Gasteiger partial charge in [-0.2, -0.15) is 4.37 Å². The number of hydrogen-bond donors (Lipinski definition) is 1.